The molecule has 2 aromatic carbocycles. The van der Waals surface area contributed by atoms with Crippen molar-refractivity contribution < 1.29 is 14.4 Å². The van der Waals surface area contributed by atoms with Crippen LogP contribution in [0.4, 0.5) is 16.2 Å². The third kappa shape index (κ3) is 3.81. The van der Waals surface area contributed by atoms with Gasteiger partial charge in [0.2, 0.25) is 5.91 Å². The SMILES string of the molecule is CCC1(c2ccccc2)NC(=O)N(CC(=O)Nc2ccc(N(C)C)cc2C)C1=O. The highest BCUT2D eigenvalue weighted by Gasteiger charge is 2.51. The summed E-state index contributed by atoms with van der Waals surface area (Å²) < 4.78 is 0. The molecule has 7 nitrogen and oxygen atoms in total. The second-order valence-corrected chi connectivity index (χ2v) is 7.39. The Morgan fingerprint density at radius 2 is 1.83 bits per heavy atom. The van der Waals surface area contributed by atoms with E-state index in [-0.39, 0.29) is 6.54 Å². The van der Waals surface area contributed by atoms with Gasteiger partial charge in [0.1, 0.15) is 12.1 Å². The van der Waals surface area contributed by atoms with Crippen molar-refractivity contribution >= 4 is 29.2 Å². The van der Waals surface area contributed by atoms with Gasteiger partial charge in [0.25, 0.3) is 5.91 Å². The lowest BCUT2D eigenvalue weighted by atomic mass is 9.87. The Hall–Kier alpha value is -3.35. The van der Waals surface area contributed by atoms with Crippen molar-refractivity contribution in [3.63, 3.8) is 0 Å². The Kier molecular flexibility index (Phi) is 5.59. The lowest BCUT2D eigenvalue weighted by molar-refractivity contribution is -0.134. The van der Waals surface area contributed by atoms with Gasteiger partial charge in [-0.15, -0.1) is 0 Å². The molecular weight excluding hydrogens is 368 g/mol. The summed E-state index contributed by atoms with van der Waals surface area (Å²) >= 11 is 0. The summed E-state index contributed by atoms with van der Waals surface area (Å²) in [6.07, 6.45) is 0.394. The molecule has 29 heavy (non-hydrogen) atoms. The van der Waals surface area contributed by atoms with Crippen LogP contribution in [0.1, 0.15) is 24.5 Å². The zero-order valence-corrected chi connectivity index (χ0v) is 17.2. The summed E-state index contributed by atoms with van der Waals surface area (Å²) in [4.78, 5) is 41.1. The highest BCUT2D eigenvalue weighted by molar-refractivity contribution is 6.10. The summed E-state index contributed by atoms with van der Waals surface area (Å²) in [5, 5.41) is 5.58. The molecule has 1 aliphatic rings. The van der Waals surface area contributed by atoms with E-state index in [2.05, 4.69) is 10.6 Å². The molecule has 0 saturated carbocycles. The largest absolute Gasteiger partial charge is 0.378 e. The molecule has 0 bridgehead atoms. The molecule has 4 amide bonds. The molecular formula is C22H26N4O3. The second-order valence-electron chi connectivity index (χ2n) is 7.39. The maximum Gasteiger partial charge on any atom is 0.325 e. The van der Waals surface area contributed by atoms with Crippen molar-refractivity contribution in [2.45, 2.75) is 25.8 Å². The molecule has 1 aliphatic heterocycles. The minimum Gasteiger partial charge on any atom is -0.378 e. The predicted molar refractivity (Wildman–Crippen MR) is 113 cm³/mol. The van der Waals surface area contributed by atoms with Gasteiger partial charge in [0.15, 0.2) is 0 Å². The molecule has 3 rings (SSSR count). The van der Waals surface area contributed by atoms with Gasteiger partial charge in [0.05, 0.1) is 0 Å². The number of aryl methyl sites for hydroxylation is 1. The number of nitrogens with one attached hydrogen (secondary N) is 2. The zero-order chi connectivity index (χ0) is 21.2. The first-order valence-electron chi connectivity index (χ1n) is 9.56. The van der Waals surface area contributed by atoms with Crippen molar-refractivity contribution in [3.05, 3.63) is 59.7 Å². The molecule has 7 heteroatoms. The Bertz CT molecular complexity index is 942. The summed E-state index contributed by atoms with van der Waals surface area (Å²) in [6.45, 7) is 3.40. The van der Waals surface area contributed by atoms with Crippen LogP contribution >= 0.6 is 0 Å². The van der Waals surface area contributed by atoms with Crippen LogP contribution in [0.5, 0.6) is 0 Å². The Morgan fingerprint density at radius 3 is 2.41 bits per heavy atom. The fourth-order valence-corrected chi connectivity index (χ4v) is 3.53. The molecule has 1 heterocycles. The lowest BCUT2D eigenvalue weighted by Crippen LogP contribution is -2.44. The number of amides is 4. The first kappa shape index (κ1) is 20.4. The maximum atomic E-state index is 13.1. The van der Waals surface area contributed by atoms with Crippen molar-refractivity contribution in [2.75, 3.05) is 30.9 Å². The summed E-state index contributed by atoms with van der Waals surface area (Å²) in [5.74, 6) is -0.833. The number of rotatable bonds is 6. The Labute approximate surface area is 170 Å². The molecule has 152 valence electrons. The molecule has 1 atom stereocenters. The second kappa shape index (κ2) is 7.95. The summed E-state index contributed by atoms with van der Waals surface area (Å²) in [6, 6.07) is 14.2. The number of nitrogens with zero attached hydrogens (tertiary/aromatic N) is 2. The van der Waals surface area contributed by atoms with Crippen LogP contribution < -0.4 is 15.5 Å². The van der Waals surface area contributed by atoms with Crippen LogP contribution in [-0.2, 0) is 15.1 Å². The minimum absolute atomic E-state index is 0.339. The van der Waals surface area contributed by atoms with Crippen molar-refractivity contribution in [1.82, 2.24) is 10.2 Å². The topological polar surface area (TPSA) is 81.8 Å². The Morgan fingerprint density at radius 1 is 1.14 bits per heavy atom. The Balaban J connectivity index is 1.76. The summed E-state index contributed by atoms with van der Waals surface area (Å²) in [7, 11) is 3.88. The van der Waals surface area contributed by atoms with Gasteiger partial charge in [-0.05, 0) is 42.7 Å². The number of hydrogen-bond donors (Lipinski definition) is 2. The average Bonchev–Trinajstić information content (AvgIpc) is 2.95. The molecule has 1 fully saturated rings. The fourth-order valence-electron chi connectivity index (χ4n) is 3.53. The van der Waals surface area contributed by atoms with E-state index in [1.54, 1.807) is 12.1 Å². The lowest BCUT2D eigenvalue weighted by Gasteiger charge is -2.25. The van der Waals surface area contributed by atoms with Crippen LogP contribution in [0.2, 0.25) is 0 Å². The molecule has 2 N–H and O–H groups in total. The van der Waals surface area contributed by atoms with E-state index >= 15 is 0 Å². The van der Waals surface area contributed by atoms with Crippen molar-refractivity contribution in [2.24, 2.45) is 0 Å². The van der Waals surface area contributed by atoms with E-state index < -0.39 is 23.4 Å². The first-order valence-corrected chi connectivity index (χ1v) is 9.56. The van der Waals surface area contributed by atoms with Crippen molar-refractivity contribution in [3.8, 4) is 0 Å². The number of hydrogen-bond acceptors (Lipinski definition) is 4. The molecule has 0 radical (unpaired) electrons. The molecule has 1 saturated heterocycles. The van der Waals surface area contributed by atoms with E-state index in [0.717, 1.165) is 16.2 Å². The van der Waals surface area contributed by atoms with E-state index in [0.29, 0.717) is 17.7 Å². The van der Waals surface area contributed by atoms with E-state index in [4.69, 9.17) is 0 Å². The monoisotopic (exact) mass is 394 g/mol. The maximum absolute atomic E-state index is 13.1. The standard InChI is InChI=1S/C22H26N4O3/c1-5-22(16-9-7-6-8-10-16)20(28)26(21(29)24-22)14-19(27)23-18-12-11-17(25(3)4)13-15(18)2/h6-13H,5,14H2,1-4H3,(H,23,27)(H,24,29). The number of benzene rings is 2. The highest BCUT2D eigenvalue weighted by Crippen LogP contribution is 2.32. The number of anilines is 2. The van der Waals surface area contributed by atoms with Crippen LogP contribution in [0.3, 0.4) is 0 Å². The summed E-state index contributed by atoms with van der Waals surface area (Å²) in [5.41, 5.74) is 2.14. The molecule has 0 spiro atoms. The van der Waals surface area contributed by atoms with Crippen LogP contribution in [0.25, 0.3) is 0 Å². The third-order valence-corrected chi connectivity index (χ3v) is 5.27. The van der Waals surface area contributed by atoms with Crippen molar-refractivity contribution in [1.29, 1.82) is 0 Å². The van der Waals surface area contributed by atoms with Crippen LogP contribution in [-0.4, -0.2) is 43.4 Å². The zero-order valence-electron chi connectivity index (χ0n) is 17.2. The van der Waals surface area contributed by atoms with E-state index in [9.17, 15) is 14.4 Å². The van der Waals surface area contributed by atoms with E-state index in [1.165, 1.54) is 0 Å². The molecule has 0 aromatic heterocycles. The van der Waals surface area contributed by atoms with Crippen LogP contribution in [0, 0.1) is 6.92 Å². The van der Waals surface area contributed by atoms with Gasteiger partial charge in [0, 0.05) is 25.5 Å². The van der Waals surface area contributed by atoms with Gasteiger partial charge in [-0.3, -0.25) is 14.5 Å². The smallest absolute Gasteiger partial charge is 0.325 e. The molecule has 2 aromatic rings. The van der Waals surface area contributed by atoms with Gasteiger partial charge < -0.3 is 15.5 Å². The number of urea groups is 1. The average molecular weight is 394 g/mol. The van der Waals surface area contributed by atoms with Gasteiger partial charge >= 0.3 is 6.03 Å². The fraction of sp³-hybridized carbons (Fsp3) is 0.318. The third-order valence-electron chi connectivity index (χ3n) is 5.27. The van der Waals surface area contributed by atoms with Crippen LogP contribution in [0.15, 0.2) is 48.5 Å². The normalized spacial score (nSPS) is 18.6. The highest BCUT2D eigenvalue weighted by atomic mass is 16.2. The number of carbonyl (C=O) groups is 3. The molecule has 1 unspecified atom stereocenters. The number of imide groups is 1. The minimum atomic E-state index is -1.14. The first-order chi connectivity index (χ1) is 13.8. The number of carbonyl (C=O) groups excluding carboxylic acids is 3. The van der Waals surface area contributed by atoms with Gasteiger partial charge in [-0.2, -0.15) is 0 Å². The van der Waals surface area contributed by atoms with Gasteiger partial charge in [-0.1, -0.05) is 37.3 Å². The van der Waals surface area contributed by atoms with Gasteiger partial charge in [-0.25, -0.2) is 4.79 Å². The quantitative estimate of drug-likeness (QED) is 0.738. The van der Waals surface area contributed by atoms with E-state index in [1.807, 2.05) is 69.2 Å². The molecule has 0 aliphatic carbocycles. The predicted octanol–water partition coefficient (Wildman–Crippen LogP) is 2.86.